The number of rotatable bonds is 11. The largest absolute Gasteiger partial charge is 0.497 e. The SMILES string of the molecule is COc1ccc2nc(NC(=O)CSc3ccc(NC(=O)/C(=C/c4ccc([N+](=O)[O-])cc4)NC(=O)c4ccccc4)cc3)sc2c1. The molecule has 3 N–H and O–H groups in total. The molecule has 0 aliphatic carbocycles. The van der Waals surface area contributed by atoms with Gasteiger partial charge in [-0.1, -0.05) is 29.5 Å². The lowest BCUT2D eigenvalue weighted by Gasteiger charge is -2.12. The van der Waals surface area contributed by atoms with Gasteiger partial charge in [0, 0.05) is 28.3 Å². The number of thioether (sulfide) groups is 1. The van der Waals surface area contributed by atoms with Gasteiger partial charge in [-0.05, 0) is 78.4 Å². The fourth-order valence-corrected chi connectivity index (χ4v) is 5.63. The molecule has 0 fully saturated rings. The number of ether oxygens (including phenoxy) is 1. The molecule has 11 nitrogen and oxygen atoms in total. The molecule has 0 bridgehead atoms. The molecule has 45 heavy (non-hydrogen) atoms. The molecule has 0 saturated carbocycles. The van der Waals surface area contributed by atoms with Gasteiger partial charge in [0.25, 0.3) is 17.5 Å². The molecule has 1 aromatic heterocycles. The Hall–Kier alpha value is -5.53. The molecule has 226 valence electrons. The van der Waals surface area contributed by atoms with Crippen molar-refractivity contribution < 1.29 is 24.0 Å². The fraction of sp³-hybridized carbons (Fsp3) is 0.0625. The average Bonchev–Trinajstić information content (AvgIpc) is 3.46. The lowest BCUT2D eigenvalue weighted by atomic mass is 10.1. The van der Waals surface area contributed by atoms with Gasteiger partial charge in [-0.2, -0.15) is 0 Å². The van der Waals surface area contributed by atoms with Crippen LogP contribution in [0.5, 0.6) is 5.75 Å². The number of aromatic nitrogens is 1. The second-order valence-corrected chi connectivity index (χ2v) is 11.5. The van der Waals surface area contributed by atoms with E-state index in [0.29, 0.717) is 27.7 Å². The molecule has 3 amide bonds. The van der Waals surface area contributed by atoms with Crippen LogP contribution in [-0.2, 0) is 9.59 Å². The van der Waals surface area contributed by atoms with Crippen molar-refractivity contribution in [2.75, 3.05) is 23.5 Å². The normalized spacial score (nSPS) is 11.1. The Balaban J connectivity index is 1.21. The van der Waals surface area contributed by atoms with Crippen LogP contribution in [0, 0.1) is 10.1 Å². The minimum atomic E-state index is -0.592. The number of thiazole rings is 1. The summed E-state index contributed by atoms with van der Waals surface area (Å²) in [5.41, 5.74) is 1.92. The summed E-state index contributed by atoms with van der Waals surface area (Å²) in [5.74, 6) is -0.426. The second kappa shape index (κ2) is 14.3. The molecule has 0 aliphatic rings. The summed E-state index contributed by atoms with van der Waals surface area (Å²) in [5, 5.41) is 19.7. The van der Waals surface area contributed by atoms with Crippen molar-refractivity contribution in [3.8, 4) is 5.75 Å². The maximum Gasteiger partial charge on any atom is 0.272 e. The Bertz CT molecular complexity index is 1890. The number of amides is 3. The number of nitro groups is 1. The minimum Gasteiger partial charge on any atom is -0.497 e. The number of nitro benzene ring substituents is 1. The quantitative estimate of drug-likeness (QED) is 0.0654. The molecule has 0 aliphatic heterocycles. The number of benzene rings is 4. The molecular formula is C32H25N5O6S2. The zero-order chi connectivity index (χ0) is 31.8. The number of fused-ring (bicyclic) bond motifs is 1. The molecule has 0 radical (unpaired) electrons. The van der Waals surface area contributed by atoms with Crippen LogP contribution < -0.4 is 20.7 Å². The average molecular weight is 640 g/mol. The van der Waals surface area contributed by atoms with Crippen LogP contribution in [0.1, 0.15) is 15.9 Å². The summed E-state index contributed by atoms with van der Waals surface area (Å²) in [6.07, 6.45) is 1.44. The molecule has 0 atom stereocenters. The molecule has 5 aromatic rings. The molecule has 13 heteroatoms. The van der Waals surface area contributed by atoms with Crippen molar-refractivity contribution >= 4 is 73.6 Å². The van der Waals surface area contributed by atoms with Gasteiger partial charge in [0.2, 0.25) is 5.91 Å². The van der Waals surface area contributed by atoms with Gasteiger partial charge in [0.05, 0.1) is 28.0 Å². The van der Waals surface area contributed by atoms with Gasteiger partial charge >= 0.3 is 0 Å². The first kappa shape index (κ1) is 30.9. The summed E-state index contributed by atoms with van der Waals surface area (Å²) in [4.78, 5) is 54.4. The smallest absolute Gasteiger partial charge is 0.272 e. The van der Waals surface area contributed by atoms with E-state index in [-0.39, 0.29) is 23.0 Å². The first-order chi connectivity index (χ1) is 21.8. The van der Waals surface area contributed by atoms with Crippen molar-refractivity contribution in [2.45, 2.75) is 4.90 Å². The fourth-order valence-electron chi connectivity index (χ4n) is 4.02. The van der Waals surface area contributed by atoms with Crippen molar-refractivity contribution in [1.29, 1.82) is 0 Å². The Kier molecular flexibility index (Phi) is 9.82. The Labute approximate surface area is 265 Å². The second-order valence-electron chi connectivity index (χ2n) is 9.39. The molecule has 4 aromatic carbocycles. The van der Waals surface area contributed by atoms with E-state index in [0.717, 1.165) is 15.1 Å². The van der Waals surface area contributed by atoms with Gasteiger partial charge in [0.15, 0.2) is 5.13 Å². The highest BCUT2D eigenvalue weighted by Gasteiger charge is 2.16. The monoisotopic (exact) mass is 639 g/mol. The van der Waals surface area contributed by atoms with E-state index in [2.05, 4.69) is 20.9 Å². The third kappa shape index (κ3) is 8.31. The van der Waals surface area contributed by atoms with Crippen LogP contribution in [0.3, 0.4) is 0 Å². The topological polar surface area (TPSA) is 153 Å². The van der Waals surface area contributed by atoms with Crippen molar-refractivity contribution in [2.24, 2.45) is 0 Å². The maximum absolute atomic E-state index is 13.3. The number of non-ortho nitro benzene ring substituents is 1. The van der Waals surface area contributed by atoms with Gasteiger partial charge < -0.3 is 20.7 Å². The van der Waals surface area contributed by atoms with E-state index in [4.69, 9.17) is 4.74 Å². The highest BCUT2D eigenvalue weighted by Crippen LogP contribution is 2.29. The third-order valence-corrected chi connectivity index (χ3v) is 8.21. The molecule has 5 rings (SSSR count). The minimum absolute atomic E-state index is 0.0545. The van der Waals surface area contributed by atoms with E-state index in [1.165, 1.54) is 53.4 Å². The number of nitrogens with one attached hydrogen (secondary N) is 3. The lowest BCUT2D eigenvalue weighted by Crippen LogP contribution is -2.30. The van der Waals surface area contributed by atoms with Crippen molar-refractivity contribution in [1.82, 2.24) is 10.3 Å². The number of hydrogen-bond acceptors (Lipinski definition) is 9. The number of carbonyl (C=O) groups is 3. The first-order valence-corrected chi connectivity index (χ1v) is 15.2. The standard InChI is InChI=1S/C32H25N5O6S2/c1-43-24-13-16-26-28(18-24)45-32(35-26)36-29(38)19-44-25-14-9-22(10-15-25)33-31(40)27(34-30(39)21-5-3-2-4-6-21)17-20-7-11-23(12-8-20)37(41)42/h2-18H,19H2,1H3,(H,33,40)(H,34,39)(H,35,36,38)/b27-17-. The number of nitrogens with zero attached hydrogens (tertiary/aromatic N) is 2. The number of methoxy groups -OCH3 is 1. The predicted molar refractivity (Wildman–Crippen MR) is 176 cm³/mol. The molecule has 0 saturated heterocycles. The Morgan fingerprint density at radius 1 is 0.956 bits per heavy atom. The van der Waals surface area contributed by atoms with Crippen molar-refractivity contribution in [3.05, 3.63) is 124 Å². The van der Waals surface area contributed by atoms with E-state index in [1.54, 1.807) is 61.7 Å². The number of hydrogen-bond donors (Lipinski definition) is 3. The lowest BCUT2D eigenvalue weighted by molar-refractivity contribution is -0.384. The van der Waals surface area contributed by atoms with Crippen LogP contribution in [0.4, 0.5) is 16.5 Å². The zero-order valence-electron chi connectivity index (χ0n) is 23.7. The summed E-state index contributed by atoms with van der Waals surface area (Å²) >= 11 is 2.68. The number of carbonyl (C=O) groups excluding carboxylic acids is 3. The van der Waals surface area contributed by atoms with Crippen LogP contribution in [-0.4, -0.2) is 40.5 Å². The van der Waals surface area contributed by atoms with E-state index in [9.17, 15) is 24.5 Å². The molecule has 1 heterocycles. The molecular weight excluding hydrogens is 615 g/mol. The molecule has 0 unspecified atom stereocenters. The zero-order valence-corrected chi connectivity index (χ0v) is 25.3. The summed E-state index contributed by atoms with van der Waals surface area (Å²) < 4.78 is 6.14. The Morgan fingerprint density at radius 2 is 1.69 bits per heavy atom. The number of anilines is 2. The van der Waals surface area contributed by atoms with Crippen LogP contribution in [0.15, 0.2) is 108 Å². The highest BCUT2D eigenvalue weighted by atomic mass is 32.2. The summed E-state index contributed by atoms with van der Waals surface area (Å²) in [7, 11) is 1.59. The first-order valence-electron chi connectivity index (χ1n) is 13.4. The highest BCUT2D eigenvalue weighted by molar-refractivity contribution is 8.00. The maximum atomic E-state index is 13.3. The predicted octanol–water partition coefficient (Wildman–Crippen LogP) is 6.35. The van der Waals surface area contributed by atoms with Crippen molar-refractivity contribution in [3.63, 3.8) is 0 Å². The summed E-state index contributed by atoms with van der Waals surface area (Å²) in [6.45, 7) is 0. The van der Waals surface area contributed by atoms with E-state index in [1.807, 2.05) is 18.2 Å². The van der Waals surface area contributed by atoms with Crippen LogP contribution >= 0.6 is 23.1 Å². The van der Waals surface area contributed by atoms with Gasteiger partial charge in [-0.15, -0.1) is 11.8 Å². The Morgan fingerprint density at radius 3 is 2.38 bits per heavy atom. The van der Waals surface area contributed by atoms with Crippen LogP contribution in [0.25, 0.3) is 16.3 Å². The van der Waals surface area contributed by atoms with E-state index < -0.39 is 16.7 Å². The van der Waals surface area contributed by atoms with E-state index >= 15 is 0 Å². The van der Waals surface area contributed by atoms with Gasteiger partial charge in [0.1, 0.15) is 11.4 Å². The van der Waals surface area contributed by atoms with Gasteiger partial charge in [-0.3, -0.25) is 24.5 Å². The third-order valence-electron chi connectivity index (χ3n) is 6.27. The van der Waals surface area contributed by atoms with Crippen LogP contribution in [0.2, 0.25) is 0 Å². The summed E-state index contributed by atoms with van der Waals surface area (Å²) in [6, 6.07) is 26.4. The molecule has 0 spiro atoms. The van der Waals surface area contributed by atoms with Gasteiger partial charge in [-0.25, -0.2) is 4.98 Å².